The lowest BCUT2D eigenvalue weighted by Gasteiger charge is -2.12. The minimum Gasteiger partial charge on any atom is -0.385 e. The molecular formula is C13H25N3O3S. The van der Waals surface area contributed by atoms with Crippen LogP contribution in [0.2, 0.25) is 0 Å². The van der Waals surface area contributed by atoms with Crippen molar-refractivity contribution >= 4 is 10.0 Å². The van der Waals surface area contributed by atoms with Gasteiger partial charge in [-0.25, -0.2) is 13.1 Å². The monoisotopic (exact) mass is 303 g/mol. The first kappa shape index (κ1) is 17.2. The maximum Gasteiger partial charge on any atom is 0.242 e. The largest absolute Gasteiger partial charge is 0.385 e. The summed E-state index contributed by atoms with van der Waals surface area (Å²) in [5.74, 6) is 0. The highest BCUT2D eigenvalue weighted by atomic mass is 32.2. The van der Waals surface area contributed by atoms with Gasteiger partial charge in [0.25, 0.3) is 0 Å². The molecule has 0 aliphatic rings. The Labute approximate surface area is 121 Å². The summed E-state index contributed by atoms with van der Waals surface area (Å²) in [5, 5.41) is 0. The van der Waals surface area contributed by atoms with Crippen LogP contribution >= 0.6 is 0 Å². The predicted octanol–water partition coefficient (Wildman–Crippen LogP) is 1.06. The standard InChI is InChI=1S/C13H25N3O3S/c1-4-6-16-10-13(8-12(16)9-14)20(17,18)15-11(2)5-7-19-3/h8,10-11,15H,4-7,9,14H2,1-3H3. The lowest BCUT2D eigenvalue weighted by molar-refractivity contribution is 0.188. The Morgan fingerprint density at radius 1 is 1.50 bits per heavy atom. The molecule has 0 bridgehead atoms. The van der Waals surface area contributed by atoms with Gasteiger partial charge >= 0.3 is 0 Å². The van der Waals surface area contributed by atoms with Crippen molar-refractivity contribution in [2.45, 2.75) is 50.7 Å². The molecule has 0 spiro atoms. The molecule has 1 heterocycles. The number of sulfonamides is 1. The number of aryl methyl sites for hydroxylation is 1. The normalized spacial score (nSPS) is 13.6. The van der Waals surface area contributed by atoms with E-state index in [1.54, 1.807) is 19.4 Å². The van der Waals surface area contributed by atoms with E-state index in [4.69, 9.17) is 10.5 Å². The summed E-state index contributed by atoms with van der Waals surface area (Å²) in [7, 11) is -1.91. The lowest BCUT2D eigenvalue weighted by Crippen LogP contribution is -2.33. The van der Waals surface area contributed by atoms with Crippen LogP contribution in [0.25, 0.3) is 0 Å². The first-order chi connectivity index (χ1) is 9.44. The summed E-state index contributed by atoms with van der Waals surface area (Å²) in [6.07, 6.45) is 3.21. The average Bonchev–Trinajstić information content (AvgIpc) is 2.80. The van der Waals surface area contributed by atoms with Gasteiger partial charge in [0.1, 0.15) is 0 Å². The molecule has 1 atom stereocenters. The molecule has 0 aromatic carbocycles. The van der Waals surface area contributed by atoms with Gasteiger partial charge in [0.2, 0.25) is 10.0 Å². The molecule has 1 rings (SSSR count). The third-order valence-corrected chi connectivity index (χ3v) is 4.61. The van der Waals surface area contributed by atoms with Crippen molar-refractivity contribution in [3.8, 4) is 0 Å². The quantitative estimate of drug-likeness (QED) is 0.714. The molecule has 116 valence electrons. The third-order valence-electron chi connectivity index (χ3n) is 3.06. The van der Waals surface area contributed by atoms with E-state index in [9.17, 15) is 8.42 Å². The molecule has 3 N–H and O–H groups in total. The molecule has 0 aliphatic carbocycles. The van der Waals surface area contributed by atoms with Crippen molar-refractivity contribution in [3.63, 3.8) is 0 Å². The fourth-order valence-electron chi connectivity index (χ4n) is 1.98. The number of nitrogens with zero attached hydrogens (tertiary/aromatic N) is 1. The van der Waals surface area contributed by atoms with E-state index in [1.165, 1.54) is 0 Å². The minimum absolute atomic E-state index is 0.171. The smallest absolute Gasteiger partial charge is 0.242 e. The molecule has 7 heteroatoms. The Bertz CT molecular complexity index is 511. The van der Waals surface area contributed by atoms with E-state index in [2.05, 4.69) is 4.72 Å². The summed E-state index contributed by atoms with van der Waals surface area (Å²) in [6, 6.07) is 1.47. The molecule has 0 fully saturated rings. The predicted molar refractivity (Wildman–Crippen MR) is 78.9 cm³/mol. The molecule has 1 unspecified atom stereocenters. The average molecular weight is 303 g/mol. The molecule has 0 saturated heterocycles. The first-order valence-corrected chi connectivity index (χ1v) is 8.33. The highest BCUT2D eigenvalue weighted by Crippen LogP contribution is 2.15. The molecular weight excluding hydrogens is 278 g/mol. The molecule has 1 aromatic rings. The van der Waals surface area contributed by atoms with Crippen molar-refractivity contribution in [1.82, 2.24) is 9.29 Å². The van der Waals surface area contributed by atoms with Gasteiger partial charge in [-0.3, -0.25) is 0 Å². The molecule has 1 aromatic heterocycles. The van der Waals surface area contributed by atoms with Gasteiger partial charge in [-0.2, -0.15) is 0 Å². The zero-order valence-corrected chi connectivity index (χ0v) is 13.2. The Morgan fingerprint density at radius 2 is 2.20 bits per heavy atom. The number of hydrogen-bond donors (Lipinski definition) is 2. The first-order valence-electron chi connectivity index (χ1n) is 6.85. The van der Waals surface area contributed by atoms with Crippen molar-refractivity contribution in [1.29, 1.82) is 0 Å². The Morgan fingerprint density at radius 3 is 2.75 bits per heavy atom. The van der Waals surface area contributed by atoms with Crippen LogP contribution < -0.4 is 10.5 Å². The molecule has 6 nitrogen and oxygen atoms in total. The second kappa shape index (κ2) is 7.78. The fourth-order valence-corrected chi connectivity index (χ4v) is 3.32. The van der Waals surface area contributed by atoms with E-state index in [-0.39, 0.29) is 10.9 Å². The number of hydrogen-bond acceptors (Lipinski definition) is 4. The Hall–Kier alpha value is -0.890. The van der Waals surface area contributed by atoms with Crippen molar-refractivity contribution in [3.05, 3.63) is 18.0 Å². The van der Waals surface area contributed by atoms with E-state index in [1.807, 2.05) is 18.4 Å². The zero-order valence-electron chi connectivity index (χ0n) is 12.4. The summed E-state index contributed by atoms with van der Waals surface area (Å²) in [4.78, 5) is 0.274. The Kier molecular flexibility index (Phi) is 6.67. The van der Waals surface area contributed by atoms with E-state index < -0.39 is 10.0 Å². The molecule has 0 saturated carbocycles. The molecule has 0 aliphatic heterocycles. The van der Waals surface area contributed by atoms with Gasteiger partial charge in [-0.15, -0.1) is 0 Å². The summed E-state index contributed by atoms with van der Waals surface area (Å²) in [5.41, 5.74) is 6.48. The highest BCUT2D eigenvalue weighted by molar-refractivity contribution is 7.89. The lowest BCUT2D eigenvalue weighted by atomic mass is 10.3. The van der Waals surface area contributed by atoms with E-state index in [0.29, 0.717) is 19.6 Å². The van der Waals surface area contributed by atoms with Crippen LogP contribution in [-0.4, -0.2) is 32.7 Å². The van der Waals surface area contributed by atoms with E-state index in [0.717, 1.165) is 18.7 Å². The molecule has 20 heavy (non-hydrogen) atoms. The summed E-state index contributed by atoms with van der Waals surface area (Å²) < 4.78 is 34.1. The van der Waals surface area contributed by atoms with Crippen molar-refractivity contribution in [2.75, 3.05) is 13.7 Å². The molecule has 0 amide bonds. The van der Waals surface area contributed by atoms with Crippen LogP contribution in [0.4, 0.5) is 0 Å². The minimum atomic E-state index is -3.50. The number of nitrogens with two attached hydrogens (primary N) is 1. The second-order valence-corrected chi connectivity index (χ2v) is 6.58. The van der Waals surface area contributed by atoms with Crippen LogP contribution in [0.3, 0.4) is 0 Å². The van der Waals surface area contributed by atoms with Crippen LogP contribution in [-0.2, 0) is 27.8 Å². The maximum atomic E-state index is 12.3. The zero-order chi connectivity index (χ0) is 15.2. The van der Waals surface area contributed by atoms with Gasteiger partial charge in [0.15, 0.2) is 0 Å². The highest BCUT2D eigenvalue weighted by Gasteiger charge is 2.20. The van der Waals surface area contributed by atoms with E-state index >= 15 is 0 Å². The third kappa shape index (κ3) is 4.59. The summed E-state index contributed by atoms with van der Waals surface area (Å²) in [6.45, 7) is 5.48. The maximum absolute atomic E-state index is 12.3. The van der Waals surface area contributed by atoms with Gasteiger partial charge in [-0.1, -0.05) is 6.92 Å². The van der Waals surface area contributed by atoms with Crippen LogP contribution in [0, 0.1) is 0 Å². The SMILES string of the molecule is CCCn1cc(S(=O)(=O)NC(C)CCOC)cc1CN. The second-order valence-electron chi connectivity index (χ2n) is 4.87. The fraction of sp³-hybridized carbons (Fsp3) is 0.692. The number of methoxy groups -OCH3 is 1. The van der Waals surface area contributed by atoms with Crippen molar-refractivity contribution in [2.24, 2.45) is 5.73 Å². The van der Waals surface area contributed by atoms with Crippen LogP contribution in [0.15, 0.2) is 17.2 Å². The summed E-state index contributed by atoms with van der Waals surface area (Å²) >= 11 is 0. The number of aromatic nitrogens is 1. The van der Waals surface area contributed by atoms with Gasteiger partial charge in [0, 0.05) is 44.7 Å². The van der Waals surface area contributed by atoms with Gasteiger partial charge in [0.05, 0.1) is 4.90 Å². The van der Waals surface area contributed by atoms with Gasteiger partial charge in [-0.05, 0) is 25.8 Å². The van der Waals surface area contributed by atoms with Gasteiger partial charge < -0.3 is 15.0 Å². The molecule has 0 radical (unpaired) electrons. The Balaban J connectivity index is 2.86. The topological polar surface area (TPSA) is 86.3 Å². The number of rotatable bonds is 9. The van der Waals surface area contributed by atoms with Crippen molar-refractivity contribution < 1.29 is 13.2 Å². The number of nitrogens with one attached hydrogen (secondary N) is 1. The number of ether oxygens (including phenoxy) is 1. The van der Waals surface area contributed by atoms with Crippen LogP contribution in [0.1, 0.15) is 32.4 Å². The van der Waals surface area contributed by atoms with Crippen LogP contribution in [0.5, 0.6) is 0 Å².